The van der Waals surface area contributed by atoms with Crippen LogP contribution in [0.1, 0.15) is 12.0 Å². The molecule has 3 heteroatoms. The smallest absolute Gasteiger partial charge is 0.309 e. The second kappa shape index (κ2) is 4.96. The number of carbonyl (C=O) groups excluding carboxylic acids is 1. The van der Waals surface area contributed by atoms with Crippen molar-refractivity contribution < 1.29 is 9.53 Å². The average molecular weight is 316 g/mol. The van der Waals surface area contributed by atoms with Crippen LogP contribution in [0.2, 0.25) is 0 Å². The third-order valence-corrected chi connectivity index (χ3v) is 3.64. The lowest BCUT2D eigenvalue weighted by atomic mass is 9.97. The van der Waals surface area contributed by atoms with Gasteiger partial charge >= 0.3 is 5.97 Å². The quantitative estimate of drug-likeness (QED) is 0.487. The Balaban J connectivity index is 1.99. The molecule has 1 heterocycles. The zero-order valence-electron chi connectivity index (χ0n) is 8.36. The van der Waals surface area contributed by atoms with Gasteiger partial charge < -0.3 is 4.74 Å². The maximum Gasteiger partial charge on any atom is 0.309 e. The maximum atomic E-state index is 11.5. The van der Waals surface area contributed by atoms with Crippen LogP contribution < -0.4 is 0 Å². The number of carbonyl (C=O) groups is 1. The molecule has 80 valence electrons. The highest BCUT2D eigenvalue weighted by atomic mass is 127. The van der Waals surface area contributed by atoms with Crippen molar-refractivity contribution in [3.05, 3.63) is 35.9 Å². The van der Waals surface area contributed by atoms with Crippen molar-refractivity contribution in [2.45, 2.75) is 18.9 Å². The SMILES string of the molecule is O=C1O[C@H](CI)C[C@@H]1Cc1ccccc1. The Bertz CT molecular complexity index is 337. The minimum Gasteiger partial charge on any atom is -0.461 e. The Morgan fingerprint density at radius 1 is 1.33 bits per heavy atom. The van der Waals surface area contributed by atoms with Crippen LogP contribution in [0.15, 0.2) is 30.3 Å². The highest BCUT2D eigenvalue weighted by Crippen LogP contribution is 2.25. The molecule has 0 radical (unpaired) electrons. The number of rotatable bonds is 3. The predicted molar refractivity (Wildman–Crippen MR) is 67.0 cm³/mol. The van der Waals surface area contributed by atoms with Gasteiger partial charge in [0.2, 0.25) is 0 Å². The number of ether oxygens (including phenoxy) is 1. The van der Waals surface area contributed by atoms with Crippen LogP contribution in [0.3, 0.4) is 0 Å². The van der Waals surface area contributed by atoms with E-state index >= 15 is 0 Å². The minimum absolute atomic E-state index is 0.0273. The summed E-state index contributed by atoms with van der Waals surface area (Å²) in [5.74, 6) is 0.0349. The molecule has 0 N–H and O–H groups in total. The molecule has 1 saturated heterocycles. The molecule has 0 amide bonds. The Labute approximate surface area is 103 Å². The van der Waals surface area contributed by atoms with Gasteiger partial charge in [0.25, 0.3) is 0 Å². The van der Waals surface area contributed by atoms with Crippen LogP contribution in [0.5, 0.6) is 0 Å². The minimum atomic E-state index is -0.0273. The number of alkyl halides is 1. The molecular formula is C12H13IO2. The second-order valence-electron chi connectivity index (χ2n) is 3.84. The van der Waals surface area contributed by atoms with Gasteiger partial charge in [0, 0.05) is 4.43 Å². The van der Waals surface area contributed by atoms with Gasteiger partial charge in [0.1, 0.15) is 6.10 Å². The van der Waals surface area contributed by atoms with Crippen LogP contribution in [0, 0.1) is 5.92 Å². The van der Waals surface area contributed by atoms with Crippen LogP contribution in [-0.4, -0.2) is 16.5 Å². The number of benzene rings is 1. The van der Waals surface area contributed by atoms with E-state index < -0.39 is 0 Å². The van der Waals surface area contributed by atoms with E-state index in [1.54, 1.807) is 0 Å². The first kappa shape index (κ1) is 10.9. The van der Waals surface area contributed by atoms with E-state index in [1.807, 2.05) is 18.2 Å². The molecule has 0 aromatic heterocycles. The van der Waals surface area contributed by atoms with Gasteiger partial charge in [-0.25, -0.2) is 0 Å². The zero-order valence-corrected chi connectivity index (χ0v) is 10.5. The van der Waals surface area contributed by atoms with Crippen molar-refractivity contribution in [2.24, 2.45) is 5.92 Å². The van der Waals surface area contributed by atoms with Crippen molar-refractivity contribution in [1.82, 2.24) is 0 Å². The van der Waals surface area contributed by atoms with E-state index in [1.165, 1.54) is 5.56 Å². The van der Waals surface area contributed by atoms with E-state index in [2.05, 4.69) is 34.7 Å². The molecule has 1 aromatic carbocycles. The summed E-state index contributed by atoms with van der Waals surface area (Å²) in [6.45, 7) is 0. The summed E-state index contributed by atoms with van der Waals surface area (Å²) in [4.78, 5) is 11.5. The molecule has 2 atom stereocenters. The summed E-state index contributed by atoms with van der Waals surface area (Å²) in [6.07, 6.45) is 1.82. The summed E-state index contributed by atoms with van der Waals surface area (Å²) in [5.41, 5.74) is 1.22. The van der Waals surface area contributed by atoms with Gasteiger partial charge in [-0.15, -0.1) is 0 Å². The normalized spacial score (nSPS) is 25.3. The van der Waals surface area contributed by atoms with Crippen molar-refractivity contribution in [2.75, 3.05) is 4.43 Å². The fourth-order valence-electron chi connectivity index (χ4n) is 1.88. The van der Waals surface area contributed by atoms with E-state index in [0.29, 0.717) is 0 Å². The lowest BCUT2D eigenvalue weighted by Gasteiger charge is -2.04. The summed E-state index contributed by atoms with van der Waals surface area (Å²) < 4.78 is 6.15. The molecular weight excluding hydrogens is 303 g/mol. The molecule has 2 rings (SSSR count). The number of halogens is 1. The molecule has 15 heavy (non-hydrogen) atoms. The zero-order chi connectivity index (χ0) is 10.7. The number of cyclic esters (lactones) is 1. The maximum absolute atomic E-state index is 11.5. The topological polar surface area (TPSA) is 26.3 Å². The first-order valence-electron chi connectivity index (χ1n) is 5.10. The van der Waals surface area contributed by atoms with Gasteiger partial charge in [-0.2, -0.15) is 0 Å². The summed E-state index contributed by atoms with van der Waals surface area (Å²) in [7, 11) is 0. The van der Waals surface area contributed by atoms with Crippen LogP contribution in [0.25, 0.3) is 0 Å². The van der Waals surface area contributed by atoms with Gasteiger partial charge in [-0.3, -0.25) is 4.79 Å². The molecule has 0 bridgehead atoms. The molecule has 1 fully saturated rings. The first-order valence-corrected chi connectivity index (χ1v) is 6.62. The summed E-state index contributed by atoms with van der Waals surface area (Å²) >= 11 is 2.26. The Morgan fingerprint density at radius 2 is 2.07 bits per heavy atom. The van der Waals surface area contributed by atoms with Crippen LogP contribution in [-0.2, 0) is 16.0 Å². The fraction of sp³-hybridized carbons (Fsp3) is 0.417. The lowest BCUT2D eigenvalue weighted by molar-refractivity contribution is -0.143. The Hall–Kier alpha value is -0.580. The average Bonchev–Trinajstić information content (AvgIpc) is 2.61. The molecule has 1 aliphatic heterocycles. The molecule has 0 spiro atoms. The number of hydrogen-bond acceptors (Lipinski definition) is 2. The number of esters is 1. The van der Waals surface area contributed by atoms with Crippen molar-refractivity contribution in [3.63, 3.8) is 0 Å². The molecule has 2 nitrogen and oxygen atoms in total. The van der Waals surface area contributed by atoms with E-state index in [9.17, 15) is 4.79 Å². The third-order valence-electron chi connectivity index (χ3n) is 2.66. The van der Waals surface area contributed by atoms with Crippen molar-refractivity contribution in [3.8, 4) is 0 Å². The van der Waals surface area contributed by atoms with Crippen LogP contribution >= 0.6 is 22.6 Å². The summed E-state index contributed by atoms with van der Waals surface area (Å²) in [5, 5.41) is 0. The van der Waals surface area contributed by atoms with Gasteiger partial charge in [0.15, 0.2) is 0 Å². The number of hydrogen-bond donors (Lipinski definition) is 0. The Morgan fingerprint density at radius 3 is 2.67 bits per heavy atom. The fourth-order valence-corrected chi connectivity index (χ4v) is 2.42. The van der Waals surface area contributed by atoms with E-state index in [4.69, 9.17) is 4.74 Å². The third kappa shape index (κ3) is 2.71. The Kier molecular flexibility index (Phi) is 3.61. The van der Waals surface area contributed by atoms with Crippen molar-refractivity contribution in [1.29, 1.82) is 0 Å². The molecule has 0 saturated carbocycles. The van der Waals surface area contributed by atoms with Gasteiger partial charge in [-0.05, 0) is 18.4 Å². The monoisotopic (exact) mass is 316 g/mol. The summed E-state index contributed by atoms with van der Waals surface area (Å²) in [6, 6.07) is 10.1. The lowest BCUT2D eigenvalue weighted by Crippen LogP contribution is -2.10. The van der Waals surface area contributed by atoms with Crippen molar-refractivity contribution >= 4 is 28.6 Å². The second-order valence-corrected chi connectivity index (χ2v) is 4.72. The molecule has 0 aliphatic carbocycles. The predicted octanol–water partition coefficient (Wildman–Crippen LogP) is 2.60. The molecule has 1 aliphatic rings. The van der Waals surface area contributed by atoms with Gasteiger partial charge in [-0.1, -0.05) is 52.9 Å². The van der Waals surface area contributed by atoms with E-state index in [-0.39, 0.29) is 18.0 Å². The standard InChI is InChI=1S/C12H13IO2/c13-8-11-7-10(12(14)15-11)6-9-4-2-1-3-5-9/h1-5,10-11H,6-8H2/t10-,11-/m0/s1. The van der Waals surface area contributed by atoms with Gasteiger partial charge in [0.05, 0.1) is 5.92 Å². The first-order chi connectivity index (χ1) is 7.29. The molecule has 0 unspecified atom stereocenters. The van der Waals surface area contributed by atoms with E-state index in [0.717, 1.165) is 17.3 Å². The largest absolute Gasteiger partial charge is 0.461 e. The van der Waals surface area contributed by atoms with Crippen LogP contribution in [0.4, 0.5) is 0 Å². The highest BCUT2D eigenvalue weighted by molar-refractivity contribution is 14.1. The highest BCUT2D eigenvalue weighted by Gasteiger charge is 2.33. The molecule has 1 aromatic rings.